The average Bonchev–Trinajstić information content (AvgIpc) is 3.34. The summed E-state index contributed by atoms with van der Waals surface area (Å²) in [5, 5.41) is 12.2. The maximum Gasteiger partial charge on any atom is 0.161 e. The molecular weight excluding hydrogens is 524 g/mol. The van der Waals surface area contributed by atoms with Gasteiger partial charge in [0.05, 0.1) is 28.4 Å². The summed E-state index contributed by atoms with van der Waals surface area (Å²) in [7, 11) is 0. The van der Waals surface area contributed by atoms with Gasteiger partial charge in [-0.3, -0.25) is 0 Å². The van der Waals surface area contributed by atoms with Crippen molar-refractivity contribution in [2.45, 2.75) is 27.7 Å². The first-order valence-electron chi connectivity index (χ1n) is 14.5. The highest BCUT2D eigenvalue weighted by molar-refractivity contribution is 6.12. The number of aryl methyl sites for hydroxylation is 4. The molecule has 0 fully saturated rings. The van der Waals surface area contributed by atoms with Gasteiger partial charge in [-0.1, -0.05) is 71.8 Å². The SMILES string of the molecule is Cc1ccc(-c2ccc3c(c2)c2cc(-c4ccc(C)cc4)ccc2n3-c2cc(C#N)ccc2-c2nc(C)cc(C)n2)cc1. The predicted octanol–water partition coefficient (Wildman–Crippen LogP) is 9.68. The van der Waals surface area contributed by atoms with Gasteiger partial charge in [-0.15, -0.1) is 0 Å². The van der Waals surface area contributed by atoms with Gasteiger partial charge in [-0.2, -0.15) is 5.26 Å². The number of fused-ring (bicyclic) bond motifs is 3. The van der Waals surface area contributed by atoms with Gasteiger partial charge in [0.2, 0.25) is 0 Å². The Morgan fingerprint density at radius 3 is 1.51 bits per heavy atom. The van der Waals surface area contributed by atoms with E-state index in [-0.39, 0.29) is 0 Å². The summed E-state index contributed by atoms with van der Waals surface area (Å²) in [5.74, 6) is 0.652. The van der Waals surface area contributed by atoms with Crippen LogP contribution in [0.3, 0.4) is 0 Å². The van der Waals surface area contributed by atoms with E-state index in [0.717, 1.165) is 55.6 Å². The fourth-order valence-electron chi connectivity index (χ4n) is 5.96. The normalized spacial score (nSPS) is 11.2. The molecule has 4 nitrogen and oxygen atoms in total. The highest BCUT2D eigenvalue weighted by atomic mass is 15.0. The van der Waals surface area contributed by atoms with Crippen LogP contribution in [0.25, 0.3) is 61.1 Å². The second kappa shape index (κ2) is 10.4. The van der Waals surface area contributed by atoms with E-state index in [4.69, 9.17) is 9.97 Å². The quantitative estimate of drug-likeness (QED) is 0.218. The van der Waals surface area contributed by atoms with E-state index in [2.05, 4.69) is 109 Å². The topological polar surface area (TPSA) is 54.5 Å². The largest absolute Gasteiger partial charge is 0.308 e. The Bertz CT molecular complexity index is 2090. The number of aromatic nitrogens is 3. The number of hydrogen-bond donors (Lipinski definition) is 0. The highest BCUT2D eigenvalue weighted by Gasteiger charge is 2.19. The number of hydrogen-bond acceptors (Lipinski definition) is 3. The van der Waals surface area contributed by atoms with Gasteiger partial charge in [0.15, 0.2) is 5.82 Å². The summed E-state index contributed by atoms with van der Waals surface area (Å²) in [4.78, 5) is 9.61. The highest BCUT2D eigenvalue weighted by Crippen LogP contribution is 2.39. The Labute approximate surface area is 251 Å². The predicted molar refractivity (Wildman–Crippen MR) is 176 cm³/mol. The minimum Gasteiger partial charge on any atom is -0.308 e. The molecule has 4 heteroatoms. The molecule has 2 aromatic heterocycles. The van der Waals surface area contributed by atoms with E-state index in [1.165, 1.54) is 22.3 Å². The lowest BCUT2D eigenvalue weighted by molar-refractivity contribution is 1.05. The molecule has 0 spiro atoms. The molecule has 0 aliphatic heterocycles. The summed E-state index contributed by atoms with van der Waals surface area (Å²) >= 11 is 0. The number of nitriles is 1. The Balaban J connectivity index is 1.55. The molecule has 0 N–H and O–H groups in total. The third-order valence-electron chi connectivity index (χ3n) is 8.13. The first-order chi connectivity index (χ1) is 20.9. The van der Waals surface area contributed by atoms with Crippen molar-refractivity contribution in [3.63, 3.8) is 0 Å². The Morgan fingerprint density at radius 2 is 1.02 bits per heavy atom. The van der Waals surface area contributed by atoms with E-state index >= 15 is 0 Å². The lowest BCUT2D eigenvalue weighted by Gasteiger charge is -2.14. The van der Waals surface area contributed by atoms with Gasteiger partial charge >= 0.3 is 0 Å². The van der Waals surface area contributed by atoms with Gasteiger partial charge in [-0.05, 0) is 98.5 Å². The van der Waals surface area contributed by atoms with E-state index in [0.29, 0.717) is 11.4 Å². The van der Waals surface area contributed by atoms with Crippen molar-refractivity contribution in [3.8, 4) is 45.4 Å². The summed E-state index contributed by atoms with van der Waals surface area (Å²) < 4.78 is 2.26. The molecule has 2 heterocycles. The van der Waals surface area contributed by atoms with Crippen LogP contribution < -0.4 is 0 Å². The van der Waals surface area contributed by atoms with E-state index in [9.17, 15) is 5.26 Å². The van der Waals surface area contributed by atoms with Crippen LogP contribution in [0.1, 0.15) is 28.1 Å². The molecule has 0 saturated heterocycles. The molecule has 43 heavy (non-hydrogen) atoms. The third kappa shape index (κ3) is 4.75. The molecule has 0 saturated carbocycles. The van der Waals surface area contributed by atoms with Gasteiger partial charge in [0, 0.05) is 27.7 Å². The standard InChI is InChI=1S/C39H30N4/c1-24-5-10-29(11-6-24)31-14-17-36-34(21-31)35-22-32(30-12-7-25(2)8-13-30)15-18-37(35)43(36)38-20-28(23-40)9-16-33(38)39-41-26(3)19-27(4)42-39/h5-22H,1-4H3. The fraction of sp³-hybridized carbons (Fsp3) is 0.103. The van der Waals surface area contributed by atoms with E-state index < -0.39 is 0 Å². The molecule has 0 amide bonds. The summed E-state index contributed by atoms with van der Waals surface area (Å²) in [6, 6.07) is 40.8. The summed E-state index contributed by atoms with van der Waals surface area (Å²) in [5.41, 5.74) is 13.5. The number of rotatable bonds is 4. The second-order valence-corrected chi connectivity index (χ2v) is 11.3. The van der Waals surface area contributed by atoms with Crippen LogP contribution in [-0.2, 0) is 0 Å². The van der Waals surface area contributed by atoms with Crippen molar-refractivity contribution < 1.29 is 0 Å². The van der Waals surface area contributed by atoms with Crippen LogP contribution in [0.2, 0.25) is 0 Å². The molecule has 7 aromatic rings. The zero-order chi connectivity index (χ0) is 29.7. The number of nitrogens with zero attached hydrogens (tertiary/aromatic N) is 4. The van der Waals surface area contributed by atoms with Crippen molar-refractivity contribution in [1.82, 2.24) is 14.5 Å². The maximum absolute atomic E-state index is 9.91. The maximum atomic E-state index is 9.91. The zero-order valence-electron chi connectivity index (χ0n) is 24.7. The Hall–Kier alpha value is -5.53. The molecular formula is C39H30N4. The van der Waals surface area contributed by atoms with Crippen LogP contribution in [0.4, 0.5) is 0 Å². The molecule has 7 rings (SSSR count). The molecule has 0 radical (unpaired) electrons. The van der Waals surface area contributed by atoms with Crippen molar-refractivity contribution in [2.75, 3.05) is 0 Å². The average molecular weight is 555 g/mol. The molecule has 0 aliphatic rings. The monoisotopic (exact) mass is 554 g/mol. The van der Waals surface area contributed by atoms with Gasteiger partial charge in [0.1, 0.15) is 0 Å². The Morgan fingerprint density at radius 1 is 0.535 bits per heavy atom. The molecule has 0 atom stereocenters. The first kappa shape index (κ1) is 26.4. The summed E-state index contributed by atoms with van der Waals surface area (Å²) in [6.45, 7) is 8.20. The van der Waals surface area contributed by atoms with Crippen LogP contribution in [0.5, 0.6) is 0 Å². The third-order valence-corrected chi connectivity index (χ3v) is 8.13. The van der Waals surface area contributed by atoms with Gasteiger partial charge < -0.3 is 4.57 Å². The van der Waals surface area contributed by atoms with E-state index in [1.54, 1.807) is 0 Å². The smallest absolute Gasteiger partial charge is 0.161 e. The van der Waals surface area contributed by atoms with Crippen molar-refractivity contribution >= 4 is 21.8 Å². The van der Waals surface area contributed by atoms with Gasteiger partial charge in [0.25, 0.3) is 0 Å². The molecule has 0 aliphatic carbocycles. The number of benzene rings is 5. The minimum absolute atomic E-state index is 0.589. The lowest BCUT2D eigenvalue weighted by Crippen LogP contribution is -2.02. The molecule has 5 aromatic carbocycles. The molecule has 206 valence electrons. The fourth-order valence-corrected chi connectivity index (χ4v) is 5.96. The Kier molecular flexibility index (Phi) is 6.37. The first-order valence-corrected chi connectivity index (χ1v) is 14.5. The van der Waals surface area contributed by atoms with Crippen LogP contribution in [-0.4, -0.2) is 14.5 Å². The lowest BCUT2D eigenvalue weighted by atomic mass is 9.99. The minimum atomic E-state index is 0.589. The zero-order valence-corrected chi connectivity index (χ0v) is 24.7. The van der Waals surface area contributed by atoms with Gasteiger partial charge in [-0.25, -0.2) is 9.97 Å². The molecule has 0 bridgehead atoms. The van der Waals surface area contributed by atoms with Crippen LogP contribution >= 0.6 is 0 Å². The molecule has 0 unspecified atom stereocenters. The van der Waals surface area contributed by atoms with E-state index in [1.807, 2.05) is 38.1 Å². The van der Waals surface area contributed by atoms with Crippen molar-refractivity contribution in [2.24, 2.45) is 0 Å². The van der Waals surface area contributed by atoms with Crippen molar-refractivity contribution in [1.29, 1.82) is 5.26 Å². The van der Waals surface area contributed by atoms with Crippen LogP contribution in [0, 0.1) is 39.0 Å². The van der Waals surface area contributed by atoms with Crippen molar-refractivity contribution in [3.05, 3.63) is 137 Å². The summed E-state index contributed by atoms with van der Waals surface area (Å²) in [6.07, 6.45) is 0. The van der Waals surface area contributed by atoms with Crippen LogP contribution in [0.15, 0.2) is 109 Å². The second-order valence-electron chi connectivity index (χ2n) is 11.3.